The van der Waals surface area contributed by atoms with Gasteiger partial charge in [0.15, 0.2) is 0 Å². The van der Waals surface area contributed by atoms with E-state index in [9.17, 15) is 19.2 Å². The molecule has 0 saturated carbocycles. The van der Waals surface area contributed by atoms with Gasteiger partial charge in [-0.2, -0.15) is 0 Å². The molecule has 50 heavy (non-hydrogen) atoms. The quantitative estimate of drug-likeness (QED) is 0.130. The van der Waals surface area contributed by atoms with E-state index in [0.29, 0.717) is 41.6 Å². The maximum absolute atomic E-state index is 13.3. The van der Waals surface area contributed by atoms with Crippen LogP contribution < -0.4 is 10.6 Å². The molecule has 4 aromatic carbocycles. The molecule has 0 unspecified atom stereocenters. The molecule has 6 rings (SSSR count). The van der Waals surface area contributed by atoms with Crippen LogP contribution in [0.3, 0.4) is 0 Å². The van der Waals surface area contributed by atoms with E-state index in [1.165, 1.54) is 0 Å². The maximum Gasteiger partial charge on any atom is 0.247 e. The second-order valence-electron chi connectivity index (χ2n) is 12.6. The van der Waals surface area contributed by atoms with E-state index in [2.05, 4.69) is 15.6 Å². The Morgan fingerprint density at radius 1 is 0.840 bits per heavy atom. The fourth-order valence-electron chi connectivity index (χ4n) is 6.41. The molecule has 256 valence electrons. The summed E-state index contributed by atoms with van der Waals surface area (Å²) in [5.41, 5.74) is 5.36. The van der Waals surface area contributed by atoms with Crippen LogP contribution in [-0.4, -0.2) is 64.1 Å². The molecule has 0 bridgehead atoms. The molecule has 1 aliphatic rings. The van der Waals surface area contributed by atoms with Crippen molar-refractivity contribution in [1.82, 2.24) is 14.8 Å². The van der Waals surface area contributed by atoms with E-state index < -0.39 is 6.04 Å². The van der Waals surface area contributed by atoms with Crippen molar-refractivity contribution in [2.75, 3.05) is 30.3 Å². The van der Waals surface area contributed by atoms with Crippen molar-refractivity contribution in [2.24, 2.45) is 0 Å². The summed E-state index contributed by atoms with van der Waals surface area (Å²) in [7, 11) is 0. The molecule has 1 aromatic heterocycles. The number of nitrogens with zero attached hydrogens (tertiary/aromatic N) is 2. The monoisotopic (exact) mass is 689 g/mol. The molecule has 1 aliphatic heterocycles. The minimum atomic E-state index is -0.525. The molecule has 1 saturated heterocycles. The van der Waals surface area contributed by atoms with Gasteiger partial charge in [-0.3, -0.25) is 19.2 Å². The van der Waals surface area contributed by atoms with Crippen molar-refractivity contribution in [3.63, 3.8) is 0 Å². The summed E-state index contributed by atoms with van der Waals surface area (Å²) in [6.45, 7) is 3.00. The Bertz CT molecular complexity index is 1980. The molecule has 2 heterocycles. The number of likely N-dealkylation sites (tertiary alicyclic amines) is 1. The van der Waals surface area contributed by atoms with Crippen LogP contribution in [0.25, 0.3) is 22.2 Å². The van der Waals surface area contributed by atoms with E-state index in [1.54, 1.807) is 21.9 Å². The summed E-state index contributed by atoms with van der Waals surface area (Å²) >= 11 is 6.86. The molecule has 5 aromatic rings. The Labute approximate surface area is 296 Å². The topological polar surface area (TPSA) is 115 Å². The first-order chi connectivity index (χ1) is 24.3. The van der Waals surface area contributed by atoms with E-state index in [1.807, 2.05) is 97.9 Å². The smallest absolute Gasteiger partial charge is 0.247 e. The van der Waals surface area contributed by atoms with Gasteiger partial charge in [-0.25, -0.2) is 0 Å². The highest BCUT2D eigenvalue weighted by Gasteiger charge is 2.34. The van der Waals surface area contributed by atoms with Crippen LogP contribution in [0.5, 0.6) is 0 Å². The first-order valence-corrected chi connectivity index (χ1v) is 17.3. The number of H-pyrrole nitrogens is 1. The number of hydrogen-bond acceptors (Lipinski definition) is 4. The zero-order valence-corrected chi connectivity index (χ0v) is 28.7. The van der Waals surface area contributed by atoms with Crippen molar-refractivity contribution in [2.45, 2.75) is 45.1 Å². The number of aromatic nitrogens is 1. The van der Waals surface area contributed by atoms with Gasteiger partial charge < -0.3 is 25.4 Å². The van der Waals surface area contributed by atoms with Crippen LogP contribution in [0.4, 0.5) is 11.4 Å². The minimum absolute atomic E-state index is 0.0310. The number of benzene rings is 4. The molecule has 0 radical (unpaired) electrons. The lowest BCUT2D eigenvalue weighted by Gasteiger charge is -2.24. The Hall–Kier alpha value is -5.41. The van der Waals surface area contributed by atoms with Crippen molar-refractivity contribution in [3.05, 3.63) is 119 Å². The first-order valence-electron chi connectivity index (χ1n) is 17.0. The number of aromatic amines is 1. The van der Waals surface area contributed by atoms with Gasteiger partial charge in [-0.05, 0) is 66.3 Å². The second kappa shape index (κ2) is 15.9. The third kappa shape index (κ3) is 8.23. The van der Waals surface area contributed by atoms with Gasteiger partial charge in [-0.1, -0.05) is 91.3 Å². The number of rotatable bonds is 12. The molecule has 1 atom stereocenters. The Kier molecular flexibility index (Phi) is 10.9. The van der Waals surface area contributed by atoms with Gasteiger partial charge in [0.2, 0.25) is 23.6 Å². The van der Waals surface area contributed by atoms with Crippen LogP contribution in [-0.2, 0) is 32.0 Å². The van der Waals surface area contributed by atoms with Crippen molar-refractivity contribution in [3.8, 4) is 11.3 Å². The number of fused-ring (bicyclic) bond motifs is 1. The van der Waals surface area contributed by atoms with Gasteiger partial charge in [0.1, 0.15) is 6.04 Å². The van der Waals surface area contributed by atoms with E-state index in [0.717, 1.165) is 40.4 Å². The average Bonchev–Trinajstić information content (AvgIpc) is 3.75. The third-order valence-electron chi connectivity index (χ3n) is 8.91. The first kappa shape index (κ1) is 34.5. The van der Waals surface area contributed by atoms with Gasteiger partial charge >= 0.3 is 0 Å². The van der Waals surface area contributed by atoms with Gasteiger partial charge in [0, 0.05) is 35.4 Å². The van der Waals surface area contributed by atoms with E-state index >= 15 is 0 Å². The number of nitrogens with one attached hydrogen (secondary N) is 3. The highest BCUT2D eigenvalue weighted by atomic mass is 35.5. The molecule has 3 N–H and O–H groups in total. The lowest BCUT2D eigenvalue weighted by molar-refractivity contribution is -0.136. The standard InChI is InChI=1S/C40H40ClN5O4/c1-2-21-45(36(48)23-27-10-5-3-6-11-27)26-35(47)42-30-17-15-29(16-18-30)39-38(41)32-25-31(19-20-33(32)44-39)43-40(50)34-14-9-22-46(34)37(49)24-28-12-7-4-8-13-28/h3-8,10-13,15-20,25,34,44H,2,9,14,21-24,26H2,1H3,(H,42,47)(H,43,50)/t34-/m0/s1. The zero-order valence-electron chi connectivity index (χ0n) is 28.0. The summed E-state index contributed by atoms with van der Waals surface area (Å²) in [6, 6.07) is 31.4. The van der Waals surface area contributed by atoms with Gasteiger partial charge in [0.25, 0.3) is 0 Å². The number of carbonyl (C=O) groups is 4. The predicted molar refractivity (Wildman–Crippen MR) is 198 cm³/mol. The highest BCUT2D eigenvalue weighted by Crippen LogP contribution is 2.36. The molecule has 10 heteroatoms. The minimum Gasteiger partial charge on any atom is -0.353 e. The van der Waals surface area contributed by atoms with Crippen molar-refractivity contribution >= 4 is 57.5 Å². The van der Waals surface area contributed by atoms with Crippen LogP contribution in [0, 0.1) is 0 Å². The summed E-state index contributed by atoms with van der Waals surface area (Å²) in [5, 5.41) is 7.14. The summed E-state index contributed by atoms with van der Waals surface area (Å²) in [4.78, 5) is 58.9. The Balaban J connectivity index is 1.08. The van der Waals surface area contributed by atoms with E-state index in [-0.39, 0.29) is 43.0 Å². The Morgan fingerprint density at radius 3 is 2.18 bits per heavy atom. The normalized spacial score (nSPS) is 14.0. The fourth-order valence-corrected chi connectivity index (χ4v) is 6.72. The number of amides is 4. The summed E-state index contributed by atoms with van der Waals surface area (Å²) in [6.07, 6.45) is 2.65. The molecule has 0 aliphatic carbocycles. The number of carbonyl (C=O) groups excluding carboxylic acids is 4. The number of halogens is 1. The van der Waals surface area contributed by atoms with E-state index in [4.69, 9.17) is 11.6 Å². The maximum atomic E-state index is 13.3. The zero-order chi connectivity index (χ0) is 35.0. The number of anilines is 2. The highest BCUT2D eigenvalue weighted by molar-refractivity contribution is 6.38. The van der Waals surface area contributed by atoms with Crippen LogP contribution >= 0.6 is 11.6 Å². The fraction of sp³-hybridized carbons (Fsp3) is 0.250. The largest absolute Gasteiger partial charge is 0.353 e. The molecule has 9 nitrogen and oxygen atoms in total. The van der Waals surface area contributed by atoms with Crippen LogP contribution in [0.15, 0.2) is 103 Å². The lowest BCUT2D eigenvalue weighted by Crippen LogP contribution is -2.43. The van der Waals surface area contributed by atoms with Gasteiger partial charge in [-0.15, -0.1) is 0 Å². The predicted octanol–water partition coefficient (Wildman–Crippen LogP) is 7.08. The van der Waals surface area contributed by atoms with Gasteiger partial charge in [0.05, 0.1) is 30.1 Å². The second-order valence-corrected chi connectivity index (χ2v) is 13.0. The van der Waals surface area contributed by atoms with Crippen molar-refractivity contribution < 1.29 is 19.2 Å². The van der Waals surface area contributed by atoms with Crippen LogP contribution in [0.2, 0.25) is 5.02 Å². The average molecular weight is 690 g/mol. The number of hydrogen-bond donors (Lipinski definition) is 3. The molecular formula is C40H40ClN5O4. The molecule has 4 amide bonds. The Morgan fingerprint density at radius 2 is 1.50 bits per heavy atom. The molecule has 0 spiro atoms. The summed E-state index contributed by atoms with van der Waals surface area (Å²) < 4.78 is 0. The molecule has 1 fully saturated rings. The molecular weight excluding hydrogens is 650 g/mol. The lowest BCUT2D eigenvalue weighted by atomic mass is 10.1. The summed E-state index contributed by atoms with van der Waals surface area (Å²) in [5.74, 6) is -0.631. The SMILES string of the molecule is CCCN(CC(=O)Nc1ccc(-c2[nH]c3ccc(NC(=O)[C@@H]4CCCN4C(=O)Cc4ccccc4)cc3c2Cl)cc1)C(=O)Cc1ccccc1. The third-order valence-corrected chi connectivity index (χ3v) is 9.31. The van der Waals surface area contributed by atoms with Crippen LogP contribution in [0.1, 0.15) is 37.3 Å². The van der Waals surface area contributed by atoms with Crippen molar-refractivity contribution in [1.29, 1.82) is 0 Å².